The molecule has 3 aliphatic carbocycles. The summed E-state index contributed by atoms with van der Waals surface area (Å²) in [7, 11) is -2.89. The zero-order chi connectivity index (χ0) is 47.3. The van der Waals surface area contributed by atoms with Gasteiger partial charge in [0.15, 0.2) is 5.69 Å². The normalized spacial score (nSPS) is 29.9. The van der Waals surface area contributed by atoms with E-state index in [1.807, 2.05) is 4.72 Å². The van der Waals surface area contributed by atoms with E-state index in [4.69, 9.17) is 19.3 Å². The number of fused-ring (bicyclic) bond motifs is 5. The Balaban J connectivity index is 0.00000163. The summed E-state index contributed by atoms with van der Waals surface area (Å²) in [6.45, 7) is 11.1. The first-order valence-electron chi connectivity index (χ1n) is 21.8. The summed E-state index contributed by atoms with van der Waals surface area (Å²) in [4.78, 5) is 66.3. The molecule has 2 aliphatic heterocycles. The number of carbonyl (C=O) groups excluding carboxylic acids is 4. The molecule has 7 rings (SSSR count). The molecule has 1 aromatic carbocycles. The lowest BCUT2D eigenvalue weighted by Gasteiger charge is -2.36. The summed E-state index contributed by atoms with van der Waals surface area (Å²) in [6, 6.07) is 1.59. The quantitative estimate of drug-likeness (QED) is 0.247. The second-order valence-corrected chi connectivity index (χ2v) is 21.5. The van der Waals surface area contributed by atoms with Crippen LogP contribution in [0.3, 0.4) is 0 Å². The van der Waals surface area contributed by atoms with E-state index in [2.05, 4.69) is 20.6 Å². The number of aliphatic hydroxyl groups is 1. The van der Waals surface area contributed by atoms with Crippen LogP contribution >= 0.6 is 0 Å². The number of hydrogen-bond donors (Lipinski definition) is 4. The summed E-state index contributed by atoms with van der Waals surface area (Å²) in [5.41, 5.74) is -3.83. The van der Waals surface area contributed by atoms with Gasteiger partial charge in [0.05, 0.1) is 35.4 Å². The summed E-state index contributed by atoms with van der Waals surface area (Å²) in [5.74, 6) is -9.85. The Hall–Kier alpha value is -4.53. The molecule has 0 radical (unpaired) electrons. The zero-order valence-electron chi connectivity index (χ0n) is 37.4. The summed E-state index contributed by atoms with van der Waals surface area (Å²) >= 11 is 0. The fourth-order valence-electron chi connectivity index (χ4n) is 8.43. The van der Waals surface area contributed by atoms with Crippen LogP contribution in [0.1, 0.15) is 112 Å². The van der Waals surface area contributed by atoms with Gasteiger partial charge in [-0.1, -0.05) is 34.1 Å². The molecule has 21 heteroatoms. The number of nitrogens with zero attached hydrogens (tertiary/aromatic N) is 3. The number of alkyl carbamates (subject to hydrolysis) is 1. The minimum Gasteiger partial charge on any atom is -0.497 e. The number of hydrogen-bond acceptors (Lipinski definition) is 12. The average molecular weight is 929 g/mol. The van der Waals surface area contributed by atoms with E-state index in [0.29, 0.717) is 25.0 Å². The third-order valence-corrected chi connectivity index (χ3v) is 14.9. The van der Waals surface area contributed by atoms with E-state index in [1.165, 1.54) is 26.2 Å². The number of amides is 4. The number of aromatic nitrogens is 2. The molecule has 0 spiro atoms. The molecular weight excluding hydrogens is 869 g/mol. The minimum atomic E-state index is -4.31. The molecule has 2 bridgehead atoms. The van der Waals surface area contributed by atoms with E-state index in [0.717, 1.165) is 4.90 Å². The number of sulfonamides is 1. The third kappa shape index (κ3) is 10.3. The van der Waals surface area contributed by atoms with Gasteiger partial charge in [0, 0.05) is 24.5 Å². The third-order valence-electron chi connectivity index (χ3n) is 12.8. The van der Waals surface area contributed by atoms with Crippen LogP contribution < -0.4 is 24.8 Å². The van der Waals surface area contributed by atoms with Crippen LogP contribution in [-0.4, -0.2) is 113 Å². The summed E-state index contributed by atoms with van der Waals surface area (Å²) in [5, 5.41) is 13.1. The molecular formula is C43H60F4N6O10S. The zero-order valence-corrected chi connectivity index (χ0v) is 38.2. The van der Waals surface area contributed by atoms with Gasteiger partial charge in [0.1, 0.15) is 35.6 Å². The molecule has 64 heavy (non-hydrogen) atoms. The van der Waals surface area contributed by atoms with E-state index < -0.39 is 129 Å². The number of ether oxygens (including phenoxy) is 3. The predicted octanol–water partition coefficient (Wildman–Crippen LogP) is 5.34. The maximum Gasteiger partial charge on any atom is 0.408 e. The van der Waals surface area contributed by atoms with Gasteiger partial charge in [-0.05, 0) is 89.2 Å². The van der Waals surface area contributed by atoms with Gasteiger partial charge in [-0.2, -0.15) is 8.78 Å². The highest BCUT2D eigenvalue weighted by molar-refractivity contribution is 7.91. The van der Waals surface area contributed by atoms with Crippen molar-refractivity contribution in [1.29, 1.82) is 0 Å². The first kappa shape index (κ1) is 48.9. The fourth-order valence-corrected chi connectivity index (χ4v) is 9.74. The van der Waals surface area contributed by atoms with Gasteiger partial charge in [-0.15, -0.1) is 0 Å². The highest BCUT2D eigenvalue weighted by Gasteiger charge is 2.68. The second kappa shape index (κ2) is 18.0. The summed E-state index contributed by atoms with van der Waals surface area (Å²) in [6.07, 6.45) is -5.08. The maximum absolute atomic E-state index is 16.3. The van der Waals surface area contributed by atoms with Gasteiger partial charge in [-0.3, -0.25) is 19.1 Å². The molecule has 1 aromatic heterocycles. The summed E-state index contributed by atoms with van der Waals surface area (Å²) < 4.78 is 105. The van der Waals surface area contributed by atoms with Crippen molar-refractivity contribution in [3.05, 3.63) is 23.9 Å². The Morgan fingerprint density at radius 3 is 2.31 bits per heavy atom. The second-order valence-electron chi connectivity index (χ2n) is 19.3. The lowest BCUT2D eigenvalue weighted by Crippen LogP contribution is -2.61. The predicted molar refractivity (Wildman–Crippen MR) is 224 cm³/mol. The first-order valence-corrected chi connectivity index (χ1v) is 23.3. The Kier molecular flexibility index (Phi) is 13.8. The topological polar surface area (TPSA) is 215 Å². The largest absolute Gasteiger partial charge is 0.497 e. The number of rotatable bonds is 8. The maximum atomic E-state index is 16.3. The van der Waals surface area contributed by atoms with Gasteiger partial charge >= 0.3 is 6.09 Å². The monoisotopic (exact) mass is 928 g/mol. The number of nitrogens with one attached hydrogen (secondary N) is 3. The SMILES string of the molecule is CC(C)O.CC[C@@H]1[C@@H]2CN(C(=O)[C@H](C(C)(C)C)NC(=O)O[C@@H]3C[C@H]3CCCCC(F)(F)c3nc4ccc(OC)cc4nc3O2)[C@@H]1C(=O)N[C@]1(C(=O)NS(=O)(=O)C2(C)CC2)C[C@H]1C(F)F. The van der Waals surface area contributed by atoms with Gasteiger partial charge in [0.2, 0.25) is 34.1 Å². The Morgan fingerprint density at radius 2 is 1.73 bits per heavy atom. The fraction of sp³-hybridized carbons (Fsp3) is 0.721. The lowest BCUT2D eigenvalue weighted by atomic mass is 9.85. The van der Waals surface area contributed by atoms with Crippen molar-refractivity contribution < 1.29 is 64.5 Å². The number of aliphatic hydroxyl groups excluding tert-OH is 1. The smallest absolute Gasteiger partial charge is 0.408 e. The van der Waals surface area contributed by atoms with E-state index in [-0.39, 0.29) is 48.7 Å². The standard InChI is InChI=1S/C40H52F4N6O9S.C3H8O/c1-7-22-27-19-50(28(22)32(51)48-39(18-23(39)31(41)42)35(53)49-60(55,56)38(5)14-15-38)34(52)30(37(2,3)4)47-36(54)59-26-16-20(26)10-8-9-13-40(43,44)29-33(58-27)46-25-17-21(57-6)11-12-24(25)45-29;1-3(2)4/h11-12,17,20,22-23,26-28,30-31H,7-10,13-16,18-19H2,1-6H3,(H,47,54)(H,48,51)(H,49,53);3-4H,1-2H3/t20-,22-,23+,26-,27+,28+,30-,39-;/m1./s1. The van der Waals surface area contributed by atoms with Gasteiger partial charge in [-0.25, -0.2) is 32.0 Å². The molecule has 0 unspecified atom stereocenters. The Labute approximate surface area is 370 Å². The van der Waals surface area contributed by atoms with Crippen LogP contribution in [-0.2, 0) is 35.1 Å². The highest BCUT2D eigenvalue weighted by Crippen LogP contribution is 2.50. The van der Waals surface area contributed by atoms with Crippen LogP contribution in [0.25, 0.3) is 11.0 Å². The Morgan fingerprint density at radius 1 is 1.06 bits per heavy atom. The molecule has 3 saturated carbocycles. The number of carbonyl (C=O) groups is 4. The molecule has 3 heterocycles. The van der Waals surface area contributed by atoms with Crippen LogP contribution in [0.15, 0.2) is 18.2 Å². The van der Waals surface area contributed by atoms with Crippen molar-refractivity contribution in [3.63, 3.8) is 0 Å². The average Bonchev–Trinajstić information content (AvgIpc) is 4.15. The number of halogens is 4. The number of alkyl halides is 4. The first-order chi connectivity index (χ1) is 29.8. The van der Waals surface area contributed by atoms with Crippen LogP contribution in [0.5, 0.6) is 11.6 Å². The van der Waals surface area contributed by atoms with Crippen molar-refractivity contribution in [1.82, 2.24) is 30.2 Å². The molecule has 4 N–H and O–H groups in total. The molecule has 4 amide bonds. The molecule has 8 atom stereocenters. The molecule has 2 aromatic rings. The molecule has 1 saturated heterocycles. The van der Waals surface area contributed by atoms with E-state index in [9.17, 15) is 36.4 Å². The highest BCUT2D eigenvalue weighted by atomic mass is 32.2. The van der Waals surface area contributed by atoms with Crippen molar-refractivity contribution in [2.75, 3.05) is 13.7 Å². The van der Waals surface area contributed by atoms with Gasteiger partial charge < -0.3 is 34.9 Å². The molecule has 356 valence electrons. The van der Waals surface area contributed by atoms with Crippen LogP contribution in [0, 0.1) is 23.2 Å². The van der Waals surface area contributed by atoms with Crippen LogP contribution in [0.2, 0.25) is 0 Å². The van der Waals surface area contributed by atoms with Crippen molar-refractivity contribution in [3.8, 4) is 11.6 Å². The number of benzene rings is 1. The van der Waals surface area contributed by atoms with Gasteiger partial charge in [0.25, 0.3) is 11.8 Å². The van der Waals surface area contributed by atoms with Crippen molar-refractivity contribution in [2.24, 2.45) is 23.2 Å². The van der Waals surface area contributed by atoms with Crippen molar-refractivity contribution >= 4 is 44.9 Å². The molecule has 4 fully saturated rings. The molecule has 5 aliphatic rings. The van der Waals surface area contributed by atoms with E-state index >= 15 is 8.78 Å². The lowest BCUT2D eigenvalue weighted by molar-refractivity contribution is -0.144. The van der Waals surface area contributed by atoms with E-state index in [1.54, 1.807) is 47.6 Å². The molecule has 16 nitrogen and oxygen atoms in total. The number of methoxy groups -OCH3 is 1. The van der Waals surface area contributed by atoms with Crippen LogP contribution in [0.4, 0.5) is 22.4 Å². The van der Waals surface area contributed by atoms with Crippen molar-refractivity contribution in [2.45, 2.75) is 159 Å². The minimum absolute atomic E-state index is 0.0516. The Bertz CT molecular complexity index is 2220.